The third-order valence-electron chi connectivity index (χ3n) is 1.46. The predicted octanol–water partition coefficient (Wildman–Crippen LogP) is -1.38. The lowest BCUT2D eigenvalue weighted by molar-refractivity contribution is -0.149. The van der Waals surface area contributed by atoms with E-state index in [-0.39, 0.29) is 0 Å². The molecule has 0 amide bonds. The molecule has 0 bridgehead atoms. The van der Waals surface area contributed by atoms with E-state index >= 15 is 0 Å². The minimum Gasteiger partial charge on any atom is -0.510 e. The molecule has 0 spiro atoms. The van der Waals surface area contributed by atoms with Gasteiger partial charge >= 0.3 is 5.97 Å². The fraction of sp³-hybridized carbons (Fsp3) is 0.571. The number of aliphatic hydroxyl groups excluding tert-OH is 4. The third kappa shape index (κ3) is 3.88. The van der Waals surface area contributed by atoms with E-state index in [1.165, 1.54) is 0 Å². The van der Waals surface area contributed by atoms with Crippen molar-refractivity contribution in [3.63, 3.8) is 0 Å². The van der Waals surface area contributed by atoms with Gasteiger partial charge in [-0.15, -0.1) is 0 Å². The molecule has 0 rings (SSSR count). The molecule has 0 saturated carbocycles. The summed E-state index contributed by atoms with van der Waals surface area (Å²) in [5.74, 6) is -2.18. The highest BCUT2D eigenvalue weighted by atomic mass is 16.4. The highest BCUT2D eigenvalue weighted by molar-refractivity contribution is 5.71. The number of carboxylic acid groups (broad SMARTS) is 1. The monoisotopic (exact) mass is 192 g/mol. The Hall–Kier alpha value is -1.11. The summed E-state index contributed by atoms with van der Waals surface area (Å²) in [7, 11) is 0. The molecule has 0 saturated heterocycles. The zero-order valence-electron chi connectivity index (χ0n) is 6.79. The van der Waals surface area contributed by atoms with Crippen LogP contribution in [0.5, 0.6) is 0 Å². The Kier molecular flexibility index (Phi) is 4.39. The molecule has 5 N–H and O–H groups in total. The first-order valence-corrected chi connectivity index (χ1v) is 3.51. The standard InChI is InChI=1S/C7H12O6/c1-3(8)6(11)4(9)2-5(10)7(12)13/h4-6,8-11H,1-2H2,(H,12,13)/t4-,5+,6-/m1/s1. The van der Waals surface area contributed by atoms with Gasteiger partial charge in [-0.05, 0) is 0 Å². The molecule has 0 fully saturated rings. The van der Waals surface area contributed by atoms with Crippen LogP contribution >= 0.6 is 0 Å². The molecular weight excluding hydrogens is 180 g/mol. The van der Waals surface area contributed by atoms with E-state index in [1.54, 1.807) is 0 Å². The molecule has 0 aromatic heterocycles. The van der Waals surface area contributed by atoms with Crippen molar-refractivity contribution in [1.29, 1.82) is 0 Å². The summed E-state index contributed by atoms with van der Waals surface area (Å²) in [6.45, 7) is 2.94. The average Bonchev–Trinajstić information content (AvgIpc) is 2.02. The molecule has 6 nitrogen and oxygen atoms in total. The quantitative estimate of drug-likeness (QED) is 0.342. The minimum atomic E-state index is -1.77. The van der Waals surface area contributed by atoms with E-state index in [0.29, 0.717) is 0 Å². The lowest BCUT2D eigenvalue weighted by Gasteiger charge is -2.17. The molecule has 0 aliphatic carbocycles. The molecule has 0 radical (unpaired) electrons. The van der Waals surface area contributed by atoms with Gasteiger partial charge in [-0.3, -0.25) is 0 Å². The van der Waals surface area contributed by atoms with Crippen molar-refractivity contribution in [1.82, 2.24) is 0 Å². The lowest BCUT2D eigenvalue weighted by Crippen LogP contribution is -2.34. The van der Waals surface area contributed by atoms with Crippen LogP contribution in [0.25, 0.3) is 0 Å². The van der Waals surface area contributed by atoms with Crippen LogP contribution < -0.4 is 0 Å². The smallest absolute Gasteiger partial charge is 0.332 e. The fourth-order valence-corrected chi connectivity index (χ4v) is 0.681. The molecule has 76 valence electrons. The Bertz CT molecular complexity index is 201. The summed E-state index contributed by atoms with van der Waals surface area (Å²) >= 11 is 0. The molecule has 0 aliphatic rings. The molecule has 0 unspecified atom stereocenters. The maximum Gasteiger partial charge on any atom is 0.332 e. The number of aliphatic hydroxyl groups is 4. The van der Waals surface area contributed by atoms with Crippen LogP contribution in [-0.4, -0.2) is 49.8 Å². The van der Waals surface area contributed by atoms with Gasteiger partial charge in [-0.25, -0.2) is 4.79 Å². The maximum absolute atomic E-state index is 10.1. The molecule has 0 heterocycles. The van der Waals surface area contributed by atoms with Gasteiger partial charge in [0.05, 0.1) is 6.10 Å². The van der Waals surface area contributed by atoms with Crippen LogP contribution in [0, 0.1) is 0 Å². The SMILES string of the molecule is C=C(O)[C@@H](O)[C@H](O)C[C@H](O)C(=O)O. The van der Waals surface area contributed by atoms with Gasteiger partial charge < -0.3 is 25.5 Å². The molecule has 0 aromatic rings. The highest BCUT2D eigenvalue weighted by Gasteiger charge is 2.25. The van der Waals surface area contributed by atoms with Crippen LogP contribution in [-0.2, 0) is 4.79 Å². The summed E-state index contributed by atoms with van der Waals surface area (Å²) in [5.41, 5.74) is 0. The van der Waals surface area contributed by atoms with Gasteiger partial charge in [0.1, 0.15) is 11.9 Å². The van der Waals surface area contributed by atoms with Crippen LogP contribution in [0.2, 0.25) is 0 Å². The van der Waals surface area contributed by atoms with E-state index in [9.17, 15) is 4.79 Å². The fourth-order valence-electron chi connectivity index (χ4n) is 0.681. The molecule has 3 atom stereocenters. The Morgan fingerprint density at radius 3 is 2.00 bits per heavy atom. The van der Waals surface area contributed by atoms with Crippen molar-refractivity contribution in [2.45, 2.75) is 24.7 Å². The Morgan fingerprint density at radius 2 is 1.69 bits per heavy atom. The predicted molar refractivity (Wildman–Crippen MR) is 42.0 cm³/mol. The van der Waals surface area contributed by atoms with Crippen molar-refractivity contribution < 1.29 is 30.3 Å². The van der Waals surface area contributed by atoms with Gasteiger partial charge in [-0.1, -0.05) is 6.58 Å². The molecule has 6 heteroatoms. The number of hydrogen-bond donors (Lipinski definition) is 5. The van der Waals surface area contributed by atoms with Crippen LogP contribution in [0.1, 0.15) is 6.42 Å². The summed E-state index contributed by atoms with van der Waals surface area (Å²) < 4.78 is 0. The molecular formula is C7H12O6. The zero-order chi connectivity index (χ0) is 10.6. The second kappa shape index (κ2) is 4.80. The first-order valence-electron chi connectivity index (χ1n) is 3.51. The van der Waals surface area contributed by atoms with Crippen molar-refractivity contribution in [2.75, 3.05) is 0 Å². The van der Waals surface area contributed by atoms with Crippen molar-refractivity contribution in [2.24, 2.45) is 0 Å². The Morgan fingerprint density at radius 1 is 1.23 bits per heavy atom. The van der Waals surface area contributed by atoms with E-state index in [1.807, 2.05) is 0 Å². The summed E-state index contributed by atoms with van der Waals surface area (Å²) in [6, 6.07) is 0. The largest absolute Gasteiger partial charge is 0.510 e. The van der Waals surface area contributed by atoms with Crippen LogP contribution in [0.15, 0.2) is 12.3 Å². The van der Waals surface area contributed by atoms with Crippen molar-refractivity contribution in [3.8, 4) is 0 Å². The average molecular weight is 192 g/mol. The van der Waals surface area contributed by atoms with E-state index in [2.05, 4.69) is 6.58 Å². The van der Waals surface area contributed by atoms with Crippen LogP contribution in [0.3, 0.4) is 0 Å². The number of hydrogen-bond acceptors (Lipinski definition) is 5. The molecule has 13 heavy (non-hydrogen) atoms. The van der Waals surface area contributed by atoms with E-state index in [0.717, 1.165) is 0 Å². The summed E-state index contributed by atoms with van der Waals surface area (Å²) in [4.78, 5) is 10.1. The maximum atomic E-state index is 10.1. The normalized spacial score (nSPS) is 17.5. The van der Waals surface area contributed by atoms with Crippen molar-refractivity contribution >= 4 is 5.97 Å². The van der Waals surface area contributed by atoms with Gasteiger partial charge in [-0.2, -0.15) is 0 Å². The highest BCUT2D eigenvalue weighted by Crippen LogP contribution is 2.08. The van der Waals surface area contributed by atoms with Gasteiger partial charge in [0.15, 0.2) is 6.10 Å². The lowest BCUT2D eigenvalue weighted by atomic mass is 10.1. The molecule has 0 aliphatic heterocycles. The topological polar surface area (TPSA) is 118 Å². The first-order chi connectivity index (χ1) is 5.86. The van der Waals surface area contributed by atoms with Gasteiger partial charge in [0, 0.05) is 6.42 Å². The summed E-state index contributed by atoms with van der Waals surface area (Å²) in [6.07, 6.45) is -5.54. The Labute approximate surface area is 74.4 Å². The second-order valence-electron chi connectivity index (χ2n) is 2.59. The molecule has 0 aromatic carbocycles. The summed E-state index contributed by atoms with van der Waals surface area (Å²) in [5, 5.41) is 43.5. The Balaban J connectivity index is 4.06. The first kappa shape index (κ1) is 11.9. The zero-order valence-corrected chi connectivity index (χ0v) is 6.79. The van der Waals surface area contributed by atoms with Crippen LogP contribution in [0.4, 0.5) is 0 Å². The van der Waals surface area contributed by atoms with Gasteiger partial charge in [0.25, 0.3) is 0 Å². The minimum absolute atomic E-state index is 0.573. The van der Waals surface area contributed by atoms with E-state index in [4.69, 9.17) is 25.5 Å². The number of rotatable bonds is 5. The third-order valence-corrected chi connectivity index (χ3v) is 1.46. The van der Waals surface area contributed by atoms with E-state index < -0.39 is 36.5 Å². The number of carboxylic acids is 1. The van der Waals surface area contributed by atoms with Crippen molar-refractivity contribution in [3.05, 3.63) is 12.3 Å². The van der Waals surface area contributed by atoms with Gasteiger partial charge in [0.2, 0.25) is 0 Å². The second-order valence-corrected chi connectivity index (χ2v) is 2.59. The number of carbonyl (C=O) groups is 1. The number of aliphatic carboxylic acids is 1.